The maximum Gasteiger partial charge on any atom is 0.330 e. The first-order valence-electron chi connectivity index (χ1n) is 6.68. The lowest BCUT2D eigenvalue weighted by Crippen LogP contribution is -2.41. The summed E-state index contributed by atoms with van der Waals surface area (Å²) in [6.07, 6.45) is 1.01. The fourth-order valence-corrected chi connectivity index (χ4v) is 3.83. The minimum absolute atomic E-state index is 0.413. The molecule has 1 atom stereocenters. The van der Waals surface area contributed by atoms with Gasteiger partial charge in [0.15, 0.2) is 4.90 Å². The molecule has 0 aliphatic rings. The maximum absolute atomic E-state index is 12.5. The standard InChI is InChI=1S/C14H16ClN3O4S/c1-9(10-6-4-5-7-11(10)15)16-23(21,22)12-8-17(2)14(20)18(3)13(12)19/h4-9,16H,1-3H3/t9-/m1/s1. The number of hydrogen-bond acceptors (Lipinski definition) is 4. The summed E-state index contributed by atoms with van der Waals surface area (Å²) in [4.78, 5) is 23.2. The minimum atomic E-state index is -4.12. The number of benzene rings is 1. The Bertz CT molecular complexity index is 963. The van der Waals surface area contributed by atoms with Crippen LogP contribution >= 0.6 is 11.6 Å². The zero-order valence-electron chi connectivity index (χ0n) is 12.8. The lowest BCUT2D eigenvalue weighted by atomic mass is 10.1. The molecule has 1 aromatic heterocycles. The van der Waals surface area contributed by atoms with Crippen molar-refractivity contribution in [2.45, 2.75) is 17.9 Å². The van der Waals surface area contributed by atoms with Crippen molar-refractivity contribution in [2.75, 3.05) is 0 Å². The van der Waals surface area contributed by atoms with Gasteiger partial charge in [0.25, 0.3) is 5.56 Å². The number of nitrogens with one attached hydrogen (secondary N) is 1. The number of hydrogen-bond donors (Lipinski definition) is 1. The highest BCUT2D eigenvalue weighted by atomic mass is 35.5. The predicted molar refractivity (Wildman–Crippen MR) is 87.1 cm³/mol. The van der Waals surface area contributed by atoms with E-state index in [1.807, 2.05) is 0 Å². The van der Waals surface area contributed by atoms with E-state index in [2.05, 4.69) is 4.72 Å². The largest absolute Gasteiger partial charge is 0.330 e. The first-order valence-corrected chi connectivity index (χ1v) is 8.54. The smallest absolute Gasteiger partial charge is 0.302 e. The monoisotopic (exact) mass is 357 g/mol. The lowest BCUT2D eigenvalue weighted by Gasteiger charge is -2.16. The Morgan fingerprint density at radius 1 is 1.17 bits per heavy atom. The van der Waals surface area contributed by atoms with Gasteiger partial charge in [-0.2, -0.15) is 0 Å². The molecule has 1 heterocycles. The van der Waals surface area contributed by atoms with Crippen LogP contribution in [0.5, 0.6) is 0 Å². The SMILES string of the molecule is C[C@@H](NS(=O)(=O)c1cn(C)c(=O)n(C)c1=O)c1ccccc1Cl. The fourth-order valence-electron chi connectivity index (χ4n) is 2.15. The highest BCUT2D eigenvalue weighted by Gasteiger charge is 2.24. The van der Waals surface area contributed by atoms with Crippen LogP contribution in [0.1, 0.15) is 18.5 Å². The third-order valence-electron chi connectivity index (χ3n) is 3.41. The molecular weight excluding hydrogens is 342 g/mol. The van der Waals surface area contributed by atoms with E-state index in [4.69, 9.17) is 11.6 Å². The van der Waals surface area contributed by atoms with E-state index in [1.165, 1.54) is 14.1 Å². The first kappa shape index (κ1) is 17.5. The Hall–Kier alpha value is -1.90. The molecule has 0 saturated heterocycles. The van der Waals surface area contributed by atoms with E-state index in [-0.39, 0.29) is 0 Å². The summed E-state index contributed by atoms with van der Waals surface area (Å²) in [5, 5.41) is 0.413. The molecule has 0 bridgehead atoms. The molecule has 0 spiro atoms. The van der Waals surface area contributed by atoms with Gasteiger partial charge < -0.3 is 4.57 Å². The Labute approximate surface area is 138 Å². The van der Waals surface area contributed by atoms with Crippen LogP contribution in [-0.4, -0.2) is 17.6 Å². The van der Waals surface area contributed by atoms with Crippen molar-refractivity contribution in [2.24, 2.45) is 14.1 Å². The van der Waals surface area contributed by atoms with Crippen molar-refractivity contribution >= 4 is 21.6 Å². The molecule has 2 rings (SSSR count). The average Bonchev–Trinajstić information content (AvgIpc) is 2.48. The number of halogens is 1. The highest BCUT2D eigenvalue weighted by molar-refractivity contribution is 7.89. The van der Waals surface area contributed by atoms with E-state index >= 15 is 0 Å². The van der Waals surface area contributed by atoms with Crippen molar-refractivity contribution in [1.82, 2.24) is 13.9 Å². The van der Waals surface area contributed by atoms with Gasteiger partial charge >= 0.3 is 5.69 Å². The summed E-state index contributed by atoms with van der Waals surface area (Å²) in [6.45, 7) is 1.62. The van der Waals surface area contributed by atoms with Crippen LogP contribution in [0.2, 0.25) is 5.02 Å². The maximum atomic E-state index is 12.5. The summed E-state index contributed by atoms with van der Waals surface area (Å²) in [6, 6.07) is 6.16. The molecule has 7 nitrogen and oxygen atoms in total. The Balaban J connectivity index is 2.47. The molecular formula is C14H16ClN3O4S. The molecule has 2 aromatic rings. The van der Waals surface area contributed by atoms with Gasteiger partial charge in [-0.3, -0.25) is 9.36 Å². The zero-order valence-corrected chi connectivity index (χ0v) is 14.4. The molecule has 0 aliphatic carbocycles. The molecule has 0 amide bonds. The van der Waals surface area contributed by atoms with Crippen LogP contribution in [0.3, 0.4) is 0 Å². The number of sulfonamides is 1. The third kappa shape index (κ3) is 3.39. The van der Waals surface area contributed by atoms with E-state index in [9.17, 15) is 18.0 Å². The van der Waals surface area contributed by atoms with Crippen LogP contribution < -0.4 is 16.0 Å². The van der Waals surface area contributed by atoms with Gasteiger partial charge in [0, 0.05) is 31.4 Å². The van der Waals surface area contributed by atoms with E-state index in [1.54, 1.807) is 31.2 Å². The van der Waals surface area contributed by atoms with Gasteiger partial charge in [0.05, 0.1) is 0 Å². The topological polar surface area (TPSA) is 90.2 Å². The summed E-state index contributed by atoms with van der Waals surface area (Å²) in [5.74, 6) is 0. The zero-order chi connectivity index (χ0) is 17.4. The molecule has 0 aliphatic heterocycles. The normalized spacial score (nSPS) is 13.0. The van der Waals surface area contributed by atoms with Crippen LogP contribution in [0.15, 0.2) is 44.9 Å². The number of aromatic nitrogens is 2. The van der Waals surface area contributed by atoms with Gasteiger partial charge in [0.1, 0.15) is 0 Å². The minimum Gasteiger partial charge on any atom is -0.302 e. The molecule has 23 heavy (non-hydrogen) atoms. The van der Waals surface area contributed by atoms with Crippen LogP contribution in [-0.2, 0) is 24.1 Å². The summed E-state index contributed by atoms with van der Waals surface area (Å²) in [5.41, 5.74) is -0.903. The van der Waals surface area contributed by atoms with Crippen LogP contribution in [0.25, 0.3) is 0 Å². The van der Waals surface area contributed by atoms with Gasteiger partial charge in [-0.05, 0) is 18.6 Å². The number of rotatable bonds is 4. The Morgan fingerprint density at radius 3 is 2.39 bits per heavy atom. The third-order valence-corrected chi connectivity index (χ3v) is 5.28. The predicted octanol–water partition coefficient (Wildman–Crippen LogP) is 0.777. The van der Waals surface area contributed by atoms with Crippen LogP contribution in [0.4, 0.5) is 0 Å². The molecule has 1 aromatic carbocycles. The van der Waals surface area contributed by atoms with Crippen molar-refractivity contribution in [3.8, 4) is 0 Å². The van der Waals surface area contributed by atoms with Crippen molar-refractivity contribution in [3.05, 3.63) is 61.9 Å². The highest BCUT2D eigenvalue weighted by Crippen LogP contribution is 2.23. The number of aryl methyl sites for hydroxylation is 1. The Kier molecular flexibility index (Phi) is 4.79. The average molecular weight is 358 g/mol. The summed E-state index contributed by atoms with van der Waals surface area (Å²) >= 11 is 6.05. The molecule has 124 valence electrons. The first-order chi connectivity index (χ1) is 10.6. The van der Waals surface area contributed by atoms with Gasteiger partial charge in [-0.15, -0.1) is 0 Å². The fraction of sp³-hybridized carbons (Fsp3) is 0.286. The van der Waals surface area contributed by atoms with E-state index < -0.39 is 32.2 Å². The van der Waals surface area contributed by atoms with E-state index in [0.717, 1.165) is 15.3 Å². The molecule has 0 radical (unpaired) electrons. The Morgan fingerprint density at radius 2 is 1.78 bits per heavy atom. The second-order valence-electron chi connectivity index (χ2n) is 5.12. The van der Waals surface area contributed by atoms with Gasteiger partial charge in [-0.25, -0.2) is 17.9 Å². The van der Waals surface area contributed by atoms with E-state index in [0.29, 0.717) is 10.6 Å². The van der Waals surface area contributed by atoms with Crippen molar-refractivity contribution < 1.29 is 8.42 Å². The second-order valence-corrected chi connectivity index (χ2v) is 7.21. The molecule has 0 fully saturated rings. The van der Waals surface area contributed by atoms with Crippen molar-refractivity contribution in [3.63, 3.8) is 0 Å². The molecule has 0 saturated carbocycles. The second kappa shape index (κ2) is 6.31. The molecule has 1 N–H and O–H groups in total. The van der Waals surface area contributed by atoms with Gasteiger partial charge in [-0.1, -0.05) is 29.8 Å². The van der Waals surface area contributed by atoms with Gasteiger partial charge in [0.2, 0.25) is 10.0 Å². The number of nitrogens with zero attached hydrogens (tertiary/aromatic N) is 2. The molecule has 9 heteroatoms. The quantitative estimate of drug-likeness (QED) is 0.875. The van der Waals surface area contributed by atoms with Crippen LogP contribution in [0, 0.1) is 0 Å². The molecule has 0 unspecified atom stereocenters. The summed E-state index contributed by atoms with van der Waals surface area (Å²) in [7, 11) is -1.52. The summed E-state index contributed by atoms with van der Waals surface area (Å²) < 4.78 is 29.1. The van der Waals surface area contributed by atoms with Crippen molar-refractivity contribution in [1.29, 1.82) is 0 Å². The lowest BCUT2D eigenvalue weighted by molar-refractivity contribution is 0.557.